The molecule has 2 aliphatic rings. The zero-order valence-electron chi connectivity index (χ0n) is 19.8. The number of β-lactam (4-membered cyclic amide) rings is 1. The van der Waals surface area contributed by atoms with Crippen LogP contribution in [-0.2, 0) is 34.7 Å². The van der Waals surface area contributed by atoms with Gasteiger partial charge in [0, 0.05) is 23.4 Å². The highest BCUT2D eigenvalue weighted by Crippen LogP contribution is 2.36. The SMILES string of the molecule is O=CNC1C(=O)N2C(C(=O)OC(c3ccccc3)c3ccccc3)C(COC(=O)n3ccnc3)=CS(=O)[C@H]12. The van der Waals surface area contributed by atoms with Gasteiger partial charge in [0.1, 0.15) is 24.3 Å². The van der Waals surface area contributed by atoms with Gasteiger partial charge in [-0.2, -0.15) is 0 Å². The molecule has 12 heteroatoms. The number of nitrogens with zero attached hydrogens (tertiary/aromatic N) is 3. The molecule has 0 aliphatic carbocycles. The predicted molar refractivity (Wildman–Crippen MR) is 133 cm³/mol. The van der Waals surface area contributed by atoms with Crippen LogP contribution < -0.4 is 5.32 Å². The van der Waals surface area contributed by atoms with Gasteiger partial charge in [-0.25, -0.2) is 19.1 Å². The highest BCUT2D eigenvalue weighted by molar-refractivity contribution is 7.88. The average Bonchev–Trinajstić information content (AvgIpc) is 3.49. The Balaban J connectivity index is 1.46. The highest BCUT2D eigenvalue weighted by atomic mass is 32.2. The minimum absolute atomic E-state index is 0.121. The van der Waals surface area contributed by atoms with Crippen molar-refractivity contribution in [3.63, 3.8) is 0 Å². The van der Waals surface area contributed by atoms with Gasteiger partial charge in [-0.1, -0.05) is 60.7 Å². The van der Waals surface area contributed by atoms with Crippen LogP contribution in [0.1, 0.15) is 17.2 Å². The normalized spacial score (nSPS) is 22.1. The van der Waals surface area contributed by atoms with Crippen molar-refractivity contribution in [3.05, 3.63) is 101 Å². The molecule has 0 saturated carbocycles. The second-order valence-corrected chi connectivity index (χ2v) is 9.86. The van der Waals surface area contributed by atoms with Crippen molar-refractivity contribution in [2.24, 2.45) is 0 Å². The van der Waals surface area contributed by atoms with E-state index in [1.165, 1.54) is 24.1 Å². The van der Waals surface area contributed by atoms with Gasteiger partial charge >= 0.3 is 12.1 Å². The molecule has 194 valence electrons. The summed E-state index contributed by atoms with van der Waals surface area (Å²) in [5.74, 6) is -1.40. The molecule has 1 aromatic heterocycles. The van der Waals surface area contributed by atoms with Gasteiger partial charge < -0.3 is 19.7 Å². The molecule has 3 unspecified atom stereocenters. The molecule has 1 saturated heterocycles. The minimum Gasteiger partial charge on any atom is -0.451 e. The van der Waals surface area contributed by atoms with Crippen LogP contribution in [-0.4, -0.2) is 67.1 Å². The number of esters is 1. The lowest BCUT2D eigenvalue weighted by atomic mass is 9.97. The van der Waals surface area contributed by atoms with Crippen LogP contribution in [0.25, 0.3) is 0 Å². The third-order valence-corrected chi connectivity index (χ3v) is 7.71. The Kier molecular flexibility index (Phi) is 7.13. The predicted octanol–water partition coefficient (Wildman–Crippen LogP) is 1.50. The van der Waals surface area contributed by atoms with Crippen LogP contribution in [0.4, 0.5) is 4.79 Å². The van der Waals surface area contributed by atoms with E-state index in [4.69, 9.17) is 9.47 Å². The fourth-order valence-electron chi connectivity index (χ4n) is 4.42. The maximum atomic E-state index is 13.7. The Morgan fingerprint density at radius 2 is 1.74 bits per heavy atom. The zero-order chi connectivity index (χ0) is 26.6. The van der Waals surface area contributed by atoms with Crippen LogP contribution >= 0.6 is 0 Å². The summed E-state index contributed by atoms with van der Waals surface area (Å²) in [5, 5.41) is 2.67. The van der Waals surface area contributed by atoms with Gasteiger partial charge in [0.2, 0.25) is 12.3 Å². The molecule has 1 N–H and O–H groups in total. The van der Waals surface area contributed by atoms with E-state index in [1.807, 2.05) is 60.7 Å². The number of hydrogen-bond acceptors (Lipinski definition) is 8. The van der Waals surface area contributed by atoms with E-state index in [0.717, 1.165) is 9.47 Å². The molecule has 2 aliphatic heterocycles. The van der Waals surface area contributed by atoms with E-state index in [2.05, 4.69) is 10.3 Å². The second kappa shape index (κ2) is 10.8. The molecule has 5 rings (SSSR count). The van der Waals surface area contributed by atoms with Gasteiger partial charge in [0.15, 0.2) is 12.1 Å². The van der Waals surface area contributed by atoms with Gasteiger partial charge in [-0.05, 0) is 11.1 Å². The topological polar surface area (TPSA) is 137 Å². The maximum Gasteiger partial charge on any atom is 0.419 e. The number of amides is 2. The first kappa shape index (κ1) is 25.1. The third-order valence-electron chi connectivity index (χ3n) is 6.20. The summed E-state index contributed by atoms with van der Waals surface area (Å²) in [7, 11) is -1.78. The Morgan fingerprint density at radius 3 is 2.32 bits per heavy atom. The van der Waals surface area contributed by atoms with Crippen LogP contribution in [0.15, 0.2) is 90.4 Å². The molecule has 2 amide bonds. The lowest BCUT2D eigenvalue weighted by molar-refractivity contribution is -0.165. The maximum absolute atomic E-state index is 13.7. The minimum atomic E-state index is -1.78. The average molecular weight is 535 g/mol. The van der Waals surface area contributed by atoms with E-state index < -0.39 is 58.9 Å². The van der Waals surface area contributed by atoms with Crippen LogP contribution in [0.2, 0.25) is 0 Å². The first-order valence-electron chi connectivity index (χ1n) is 11.6. The van der Waals surface area contributed by atoms with Crippen molar-refractivity contribution < 1.29 is 32.9 Å². The largest absolute Gasteiger partial charge is 0.451 e. The molecule has 11 nitrogen and oxygen atoms in total. The molecule has 0 spiro atoms. The van der Waals surface area contributed by atoms with Crippen LogP contribution in [0.3, 0.4) is 0 Å². The first-order valence-corrected chi connectivity index (χ1v) is 12.8. The lowest BCUT2D eigenvalue weighted by Gasteiger charge is -2.51. The number of benzene rings is 2. The number of aromatic nitrogens is 2. The van der Waals surface area contributed by atoms with Crippen molar-refractivity contribution in [1.82, 2.24) is 19.8 Å². The summed E-state index contributed by atoms with van der Waals surface area (Å²) in [6.07, 6.45) is 2.80. The highest BCUT2D eigenvalue weighted by Gasteiger charge is 2.58. The molecule has 3 heterocycles. The zero-order valence-corrected chi connectivity index (χ0v) is 20.6. The third kappa shape index (κ3) is 4.73. The number of ether oxygens (including phenoxy) is 2. The van der Waals surface area contributed by atoms with E-state index in [9.17, 15) is 23.4 Å². The number of nitrogens with one attached hydrogen (secondary N) is 1. The molecule has 0 radical (unpaired) electrons. The fraction of sp³-hybridized carbons (Fsp3) is 0.192. The standard InChI is InChI=1S/C26H22N4O7S/c31-16-28-20-23(32)30-21(19(14-38(35)24(20)30)13-36-26(34)29-12-11-27-15-29)25(33)37-22(17-7-3-1-4-8-17)18-9-5-2-6-10-18/h1-12,14-16,20-22,24H,13H2,(H,28,31)/t20?,21?,24-,38?/m1/s1. The van der Waals surface area contributed by atoms with Crippen molar-refractivity contribution in [3.8, 4) is 0 Å². The Bertz CT molecular complexity index is 1360. The van der Waals surface area contributed by atoms with Gasteiger partial charge in [0.25, 0.3) is 0 Å². The number of rotatable bonds is 8. The molecular weight excluding hydrogens is 512 g/mol. The van der Waals surface area contributed by atoms with Gasteiger partial charge in [0.05, 0.1) is 10.8 Å². The van der Waals surface area contributed by atoms with Crippen molar-refractivity contribution in [2.75, 3.05) is 6.61 Å². The molecule has 1 fully saturated rings. The second-order valence-electron chi connectivity index (χ2n) is 8.48. The summed E-state index contributed by atoms with van der Waals surface area (Å²) in [6, 6.07) is 15.8. The van der Waals surface area contributed by atoms with Crippen LogP contribution in [0, 0.1) is 0 Å². The smallest absolute Gasteiger partial charge is 0.419 e. The van der Waals surface area contributed by atoms with E-state index in [1.54, 1.807) is 0 Å². The first-order chi connectivity index (χ1) is 18.5. The number of carbonyl (C=O) groups excluding carboxylic acids is 4. The van der Waals surface area contributed by atoms with E-state index >= 15 is 0 Å². The summed E-state index contributed by atoms with van der Waals surface area (Å²) in [4.78, 5) is 55.0. The molecule has 2 aromatic carbocycles. The lowest BCUT2D eigenvalue weighted by Crippen LogP contribution is -2.76. The fourth-order valence-corrected chi connectivity index (χ4v) is 5.97. The van der Waals surface area contributed by atoms with Crippen molar-refractivity contribution in [1.29, 1.82) is 0 Å². The summed E-state index contributed by atoms with van der Waals surface area (Å²) in [6.45, 7) is -0.424. The summed E-state index contributed by atoms with van der Waals surface area (Å²) < 4.78 is 25.4. The number of carbonyl (C=O) groups is 4. The van der Waals surface area contributed by atoms with Gasteiger partial charge in [-0.3, -0.25) is 13.8 Å². The molecule has 3 aromatic rings. The van der Waals surface area contributed by atoms with Crippen molar-refractivity contribution in [2.45, 2.75) is 23.6 Å². The number of fused-ring (bicyclic) bond motifs is 1. The van der Waals surface area contributed by atoms with Crippen molar-refractivity contribution >= 4 is 35.2 Å². The molecule has 0 bridgehead atoms. The molecular formula is C26H22N4O7S. The van der Waals surface area contributed by atoms with E-state index in [-0.39, 0.29) is 5.57 Å². The summed E-state index contributed by atoms with van der Waals surface area (Å²) >= 11 is 0. The van der Waals surface area contributed by atoms with E-state index in [0.29, 0.717) is 17.5 Å². The Hall–Kier alpha value is -4.58. The number of hydrogen-bond donors (Lipinski definition) is 1. The van der Waals surface area contributed by atoms with Gasteiger partial charge in [-0.15, -0.1) is 0 Å². The Morgan fingerprint density at radius 1 is 1.08 bits per heavy atom. The monoisotopic (exact) mass is 534 g/mol. The van der Waals surface area contributed by atoms with Crippen LogP contribution in [0.5, 0.6) is 0 Å². The number of imidazole rings is 1. The molecule has 4 atom stereocenters. The molecule has 38 heavy (non-hydrogen) atoms. The Labute approximate surface area is 219 Å². The quantitative estimate of drug-likeness (QED) is 0.261. The summed E-state index contributed by atoms with van der Waals surface area (Å²) in [5.41, 5.74) is 1.53.